The molecule has 1 fully saturated rings. The van der Waals surface area contributed by atoms with Crippen LogP contribution in [0.25, 0.3) is 21.8 Å². The molecule has 55 heavy (non-hydrogen) atoms. The molecular formula is C46H50N6O3. The minimum absolute atomic E-state index is 0.0161. The van der Waals surface area contributed by atoms with Crippen molar-refractivity contribution in [1.82, 2.24) is 24.7 Å². The van der Waals surface area contributed by atoms with Gasteiger partial charge in [-0.15, -0.1) is 0 Å². The smallest absolute Gasteiger partial charge is 0.322 e. The molecule has 4 atom stereocenters. The maximum absolute atomic E-state index is 14.3. The molecule has 9 nitrogen and oxygen atoms in total. The van der Waals surface area contributed by atoms with E-state index in [4.69, 9.17) is 4.74 Å². The summed E-state index contributed by atoms with van der Waals surface area (Å²) in [4.78, 5) is 36.4. The molecule has 1 saturated carbocycles. The highest BCUT2D eigenvalue weighted by atomic mass is 16.5. The van der Waals surface area contributed by atoms with E-state index >= 15 is 0 Å². The number of ether oxygens (including phenoxy) is 1. The maximum atomic E-state index is 14.3. The molecule has 282 valence electrons. The number of nitrogens with one attached hydrogen (secondary N) is 3. The van der Waals surface area contributed by atoms with Gasteiger partial charge in [0, 0.05) is 64.1 Å². The molecule has 6 aromatic rings. The lowest BCUT2D eigenvalue weighted by Gasteiger charge is -2.41. The molecule has 3 aliphatic rings. The minimum atomic E-state index is -0.281. The number of urea groups is 2. The second kappa shape index (κ2) is 14.5. The van der Waals surface area contributed by atoms with Gasteiger partial charge in [0.15, 0.2) is 0 Å². The van der Waals surface area contributed by atoms with Crippen molar-refractivity contribution in [2.24, 2.45) is 5.92 Å². The van der Waals surface area contributed by atoms with Crippen molar-refractivity contribution in [1.29, 1.82) is 0 Å². The SMILES string of the molecule is COc1ccc(NC(=O)N2CCc3c(n(C4CCCC(NC(=O)N5CCc6c([nH]c7ccccc67)C5C(C)C)C4)c4ccccc34)C2c2ccccc2)cc1. The molecule has 2 aromatic heterocycles. The highest BCUT2D eigenvalue weighted by molar-refractivity contribution is 5.92. The van der Waals surface area contributed by atoms with Gasteiger partial charge in [-0.25, -0.2) is 9.59 Å². The Morgan fingerprint density at radius 3 is 2.27 bits per heavy atom. The van der Waals surface area contributed by atoms with Gasteiger partial charge in [0.1, 0.15) is 5.75 Å². The Morgan fingerprint density at radius 1 is 0.782 bits per heavy atom. The Balaban J connectivity index is 1.03. The van der Waals surface area contributed by atoms with Crippen molar-refractivity contribution >= 4 is 39.6 Å². The van der Waals surface area contributed by atoms with Crippen molar-refractivity contribution in [2.45, 2.75) is 76.5 Å². The number of methoxy groups -OCH3 is 1. The van der Waals surface area contributed by atoms with E-state index in [0.717, 1.165) is 61.0 Å². The van der Waals surface area contributed by atoms with Crippen LogP contribution in [0.1, 0.15) is 85.7 Å². The van der Waals surface area contributed by atoms with Gasteiger partial charge in [0.25, 0.3) is 0 Å². The van der Waals surface area contributed by atoms with Crippen molar-refractivity contribution in [2.75, 3.05) is 25.5 Å². The number of nitrogens with zero attached hydrogens (tertiary/aromatic N) is 3. The zero-order valence-corrected chi connectivity index (χ0v) is 31.9. The number of amides is 4. The molecule has 4 unspecified atom stereocenters. The summed E-state index contributed by atoms with van der Waals surface area (Å²) in [7, 11) is 1.64. The topological polar surface area (TPSA) is 94.6 Å². The van der Waals surface area contributed by atoms with Gasteiger partial charge in [-0.3, -0.25) is 0 Å². The quantitative estimate of drug-likeness (QED) is 0.159. The monoisotopic (exact) mass is 734 g/mol. The second-order valence-corrected chi connectivity index (χ2v) is 15.8. The Labute approximate surface area is 322 Å². The van der Waals surface area contributed by atoms with E-state index in [1.54, 1.807) is 7.11 Å². The molecule has 0 radical (unpaired) electrons. The van der Waals surface area contributed by atoms with Gasteiger partial charge in [0.2, 0.25) is 0 Å². The number of fused-ring (bicyclic) bond motifs is 6. The van der Waals surface area contributed by atoms with Crippen molar-refractivity contribution in [3.8, 4) is 5.75 Å². The number of hydrogen-bond acceptors (Lipinski definition) is 3. The first-order chi connectivity index (χ1) is 26.9. The van der Waals surface area contributed by atoms with E-state index in [-0.39, 0.29) is 42.1 Å². The summed E-state index contributed by atoms with van der Waals surface area (Å²) in [6.07, 6.45) is 5.39. The van der Waals surface area contributed by atoms with E-state index in [2.05, 4.69) is 112 Å². The molecule has 4 aromatic carbocycles. The second-order valence-electron chi connectivity index (χ2n) is 15.8. The molecule has 9 heteroatoms. The molecule has 9 rings (SSSR count). The summed E-state index contributed by atoms with van der Waals surface area (Å²) in [5.74, 6) is 1.00. The Hall–Kier alpha value is -5.70. The van der Waals surface area contributed by atoms with E-state index in [9.17, 15) is 9.59 Å². The molecule has 0 saturated heterocycles. The van der Waals surface area contributed by atoms with Crippen LogP contribution in [0.15, 0.2) is 103 Å². The molecule has 4 heterocycles. The highest BCUT2D eigenvalue weighted by Gasteiger charge is 2.40. The Kier molecular flexibility index (Phi) is 9.24. The van der Waals surface area contributed by atoms with Crippen molar-refractivity contribution < 1.29 is 14.3 Å². The van der Waals surface area contributed by atoms with Crippen LogP contribution in [-0.4, -0.2) is 57.7 Å². The number of H-pyrrole nitrogens is 1. The molecule has 0 bridgehead atoms. The zero-order valence-electron chi connectivity index (χ0n) is 31.9. The van der Waals surface area contributed by atoms with Crippen LogP contribution in [0.2, 0.25) is 0 Å². The number of hydrogen-bond donors (Lipinski definition) is 3. The fourth-order valence-corrected chi connectivity index (χ4v) is 9.85. The minimum Gasteiger partial charge on any atom is -0.497 e. The van der Waals surface area contributed by atoms with Crippen LogP contribution in [-0.2, 0) is 12.8 Å². The fraction of sp³-hybridized carbons (Fsp3) is 0.348. The first kappa shape index (κ1) is 35.0. The Bertz CT molecular complexity index is 2340. The lowest BCUT2D eigenvalue weighted by Crippen LogP contribution is -2.51. The fourth-order valence-electron chi connectivity index (χ4n) is 9.85. The number of carbonyl (C=O) groups excluding carboxylic acids is 2. The molecule has 2 aliphatic heterocycles. The number of para-hydroxylation sites is 2. The lowest BCUT2D eigenvalue weighted by atomic mass is 9.88. The van der Waals surface area contributed by atoms with E-state index in [1.165, 1.54) is 38.8 Å². The third-order valence-electron chi connectivity index (χ3n) is 12.3. The molecule has 3 N–H and O–H groups in total. The van der Waals surface area contributed by atoms with E-state index < -0.39 is 0 Å². The highest BCUT2D eigenvalue weighted by Crippen LogP contribution is 2.45. The van der Waals surface area contributed by atoms with E-state index in [1.807, 2.05) is 35.2 Å². The van der Waals surface area contributed by atoms with Crippen LogP contribution in [0.4, 0.5) is 15.3 Å². The predicted molar refractivity (Wildman–Crippen MR) is 219 cm³/mol. The van der Waals surface area contributed by atoms with Crippen LogP contribution in [0.5, 0.6) is 5.75 Å². The largest absolute Gasteiger partial charge is 0.497 e. The standard InChI is InChI=1S/C46H50N6O3/c1-29(2)42-41-37(35-16-7-9-18-39(35)49-41)24-26-50(42)46(54)48-32-14-11-15-33(28-32)52-40-19-10-8-17-36(40)38-25-27-51(43(44(38)52)30-12-5-4-6-13-30)45(53)47-31-20-22-34(55-3)23-21-31/h4-10,12-13,16-23,29,32-33,42-43,49H,11,14-15,24-28H2,1-3H3,(H,47,53)(H,48,54). The first-order valence-electron chi connectivity index (χ1n) is 19.9. The molecule has 1 aliphatic carbocycles. The number of rotatable bonds is 6. The van der Waals surface area contributed by atoms with Gasteiger partial charge >= 0.3 is 12.1 Å². The number of anilines is 1. The predicted octanol–water partition coefficient (Wildman–Crippen LogP) is 9.76. The van der Waals surface area contributed by atoms with Crippen LogP contribution in [0, 0.1) is 5.92 Å². The van der Waals surface area contributed by atoms with Gasteiger partial charge < -0.3 is 34.7 Å². The summed E-state index contributed by atoms with van der Waals surface area (Å²) < 4.78 is 7.89. The van der Waals surface area contributed by atoms with Gasteiger partial charge in [-0.05, 0) is 97.5 Å². The summed E-state index contributed by atoms with van der Waals surface area (Å²) in [6.45, 7) is 5.72. The first-order valence-corrected chi connectivity index (χ1v) is 19.9. The summed E-state index contributed by atoms with van der Waals surface area (Å²) in [5.41, 5.74) is 9.17. The van der Waals surface area contributed by atoms with Gasteiger partial charge in [-0.2, -0.15) is 0 Å². The lowest BCUT2D eigenvalue weighted by molar-refractivity contribution is 0.139. The summed E-state index contributed by atoms with van der Waals surface area (Å²) in [6, 6.07) is 34.9. The maximum Gasteiger partial charge on any atom is 0.322 e. The van der Waals surface area contributed by atoms with E-state index in [0.29, 0.717) is 13.1 Å². The average Bonchev–Trinajstić information content (AvgIpc) is 3.76. The number of aromatic nitrogens is 2. The average molecular weight is 735 g/mol. The molecular weight excluding hydrogens is 685 g/mol. The normalized spacial score (nSPS) is 21.0. The Morgan fingerprint density at radius 2 is 1.49 bits per heavy atom. The van der Waals surface area contributed by atoms with Crippen LogP contribution < -0.4 is 15.4 Å². The van der Waals surface area contributed by atoms with Crippen LogP contribution >= 0.6 is 0 Å². The van der Waals surface area contributed by atoms with Gasteiger partial charge in [0.05, 0.1) is 19.2 Å². The van der Waals surface area contributed by atoms with Gasteiger partial charge in [-0.1, -0.05) is 80.6 Å². The summed E-state index contributed by atoms with van der Waals surface area (Å²) in [5, 5.41) is 9.24. The molecule has 0 spiro atoms. The third-order valence-corrected chi connectivity index (χ3v) is 12.3. The molecule has 4 amide bonds. The summed E-state index contributed by atoms with van der Waals surface area (Å²) >= 11 is 0. The number of benzene rings is 4. The van der Waals surface area contributed by atoms with Crippen molar-refractivity contribution in [3.63, 3.8) is 0 Å². The van der Waals surface area contributed by atoms with Crippen LogP contribution in [0.3, 0.4) is 0 Å². The zero-order chi connectivity index (χ0) is 37.6. The third kappa shape index (κ3) is 6.29. The van der Waals surface area contributed by atoms with Crippen molar-refractivity contribution in [3.05, 3.63) is 131 Å². The number of carbonyl (C=O) groups is 2. The number of aromatic amines is 1.